The number of likely N-dealkylation sites (tertiary alicyclic amines) is 1. The van der Waals surface area contributed by atoms with Gasteiger partial charge in [0.15, 0.2) is 5.82 Å². The average Bonchev–Trinajstić information content (AvgIpc) is 3.66. The van der Waals surface area contributed by atoms with Crippen LogP contribution in [-0.2, 0) is 4.79 Å². The number of thiophene rings is 1. The number of nitrogen functional groups attached to an aromatic ring is 1. The number of carbonyl (C=O) groups is 1. The Morgan fingerprint density at radius 3 is 2.75 bits per heavy atom. The summed E-state index contributed by atoms with van der Waals surface area (Å²) in [5.74, 6) is -1.79. The van der Waals surface area contributed by atoms with Gasteiger partial charge in [-0.1, -0.05) is 24.1 Å². The van der Waals surface area contributed by atoms with Gasteiger partial charge in [-0.15, -0.1) is 11.3 Å². The molecule has 6 heterocycles. The quantitative estimate of drug-likeness (QED) is 0.224. The first-order chi connectivity index (χ1) is 25.5. The van der Waals surface area contributed by atoms with E-state index in [1.54, 1.807) is 0 Å². The van der Waals surface area contributed by atoms with Crippen molar-refractivity contribution in [3.8, 4) is 29.3 Å². The maximum absolute atomic E-state index is 17.2. The lowest BCUT2D eigenvalue weighted by Gasteiger charge is -2.52. The van der Waals surface area contributed by atoms with Gasteiger partial charge in [0.2, 0.25) is 5.91 Å². The molecule has 1 aliphatic carbocycles. The Morgan fingerprint density at radius 1 is 1.15 bits per heavy atom. The second-order valence-corrected chi connectivity index (χ2v) is 17.0. The van der Waals surface area contributed by atoms with Crippen molar-refractivity contribution in [2.24, 2.45) is 17.3 Å². The predicted octanol–water partition coefficient (Wildman–Crippen LogP) is 6.83. The van der Waals surface area contributed by atoms with Crippen LogP contribution < -0.4 is 15.4 Å². The van der Waals surface area contributed by atoms with E-state index in [1.807, 2.05) is 4.90 Å². The van der Waals surface area contributed by atoms with E-state index >= 15 is 8.78 Å². The number of rotatable bonds is 6. The molecule has 2 aromatic heterocycles. The second-order valence-electron chi connectivity index (χ2n) is 15.5. The molecule has 15 heteroatoms. The minimum Gasteiger partial charge on any atom is -0.461 e. The molecular formula is C38H36ClF3N8O2S. The zero-order valence-corrected chi connectivity index (χ0v) is 30.4. The van der Waals surface area contributed by atoms with E-state index in [0.717, 1.165) is 50.0 Å². The number of aromatic nitrogens is 2. The Balaban J connectivity index is 1.15. The molecule has 5 aliphatic rings. The first-order valence-electron chi connectivity index (χ1n) is 18.1. The maximum Gasteiger partial charge on any atom is 0.317 e. The highest BCUT2D eigenvalue weighted by molar-refractivity contribution is 7.23. The molecular weight excluding hydrogens is 725 g/mol. The van der Waals surface area contributed by atoms with Gasteiger partial charge in [-0.3, -0.25) is 9.69 Å². The fourth-order valence-corrected chi connectivity index (χ4v) is 10.9. The summed E-state index contributed by atoms with van der Waals surface area (Å²) in [6.07, 6.45) is 5.85. The van der Waals surface area contributed by atoms with Gasteiger partial charge in [0.25, 0.3) is 0 Å². The molecule has 274 valence electrons. The third-order valence-electron chi connectivity index (χ3n) is 12.2. The van der Waals surface area contributed by atoms with Crippen LogP contribution >= 0.6 is 22.9 Å². The molecule has 2 aromatic carbocycles. The zero-order chi connectivity index (χ0) is 36.8. The summed E-state index contributed by atoms with van der Waals surface area (Å²) < 4.78 is 53.2. The topological polar surface area (TPSA) is 135 Å². The van der Waals surface area contributed by atoms with Crippen molar-refractivity contribution in [3.63, 3.8) is 0 Å². The Kier molecular flexibility index (Phi) is 8.18. The molecule has 4 saturated heterocycles. The van der Waals surface area contributed by atoms with E-state index in [4.69, 9.17) is 22.1 Å². The zero-order valence-electron chi connectivity index (χ0n) is 28.8. The van der Waals surface area contributed by atoms with Gasteiger partial charge in [0.1, 0.15) is 35.2 Å². The number of nitrogens with two attached hydrogens (primary N) is 1. The Morgan fingerprint density at radius 2 is 1.98 bits per heavy atom. The van der Waals surface area contributed by atoms with E-state index in [1.165, 1.54) is 18.3 Å². The van der Waals surface area contributed by atoms with E-state index in [2.05, 4.69) is 31.9 Å². The Labute approximate surface area is 312 Å². The number of anilines is 2. The van der Waals surface area contributed by atoms with Crippen LogP contribution in [0.4, 0.5) is 23.9 Å². The van der Waals surface area contributed by atoms with Crippen LogP contribution in [0.25, 0.3) is 32.1 Å². The third kappa shape index (κ3) is 5.47. The van der Waals surface area contributed by atoms with Crippen LogP contribution in [-0.4, -0.2) is 83.3 Å². The Bertz CT molecular complexity index is 2290. The van der Waals surface area contributed by atoms with Crippen molar-refractivity contribution >= 4 is 60.5 Å². The van der Waals surface area contributed by atoms with Gasteiger partial charge in [-0.2, -0.15) is 15.5 Å². The summed E-state index contributed by atoms with van der Waals surface area (Å²) in [4.78, 5) is 28.3. The van der Waals surface area contributed by atoms with Gasteiger partial charge >= 0.3 is 6.01 Å². The van der Waals surface area contributed by atoms with Crippen molar-refractivity contribution in [3.05, 3.63) is 40.6 Å². The molecule has 53 heavy (non-hydrogen) atoms. The summed E-state index contributed by atoms with van der Waals surface area (Å²) in [7, 11) is 0. The lowest BCUT2D eigenvalue weighted by atomic mass is 9.75. The van der Waals surface area contributed by atoms with Gasteiger partial charge in [-0.25, -0.2) is 18.2 Å². The number of amides is 1. The number of nitriles is 2. The number of carbonyl (C=O) groups excluding carboxylic acids is 1. The first kappa shape index (κ1) is 34.4. The smallest absolute Gasteiger partial charge is 0.317 e. The molecule has 0 bridgehead atoms. The molecule has 1 spiro atoms. The fraction of sp³-hybridized carbons (Fsp3) is 0.500. The van der Waals surface area contributed by atoms with Crippen LogP contribution in [0.3, 0.4) is 0 Å². The van der Waals surface area contributed by atoms with Gasteiger partial charge in [0.05, 0.1) is 44.4 Å². The number of hydrogen-bond donors (Lipinski definition) is 1. The van der Waals surface area contributed by atoms with Gasteiger partial charge < -0.3 is 20.3 Å². The molecule has 2 N–H and O–H groups in total. The number of nitrogens with zero attached hydrogens (tertiary/aromatic N) is 7. The average molecular weight is 761 g/mol. The third-order valence-corrected chi connectivity index (χ3v) is 13.6. The number of hydrogen-bond acceptors (Lipinski definition) is 10. The van der Waals surface area contributed by atoms with E-state index in [-0.39, 0.29) is 78.1 Å². The highest BCUT2D eigenvalue weighted by atomic mass is 35.5. The van der Waals surface area contributed by atoms with Crippen LogP contribution in [0.2, 0.25) is 5.02 Å². The van der Waals surface area contributed by atoms with Crippen molar-refractivity contribution in [2.75, 3.05) is 56.5 Å². The summed E-state index contributed by atoms with van der Waals surface area (Å²) in [5.41, 5.74) is 6.10. The molecule has 0 radical (unpaired) electrons. The fourth-order valence-electron chi connectivity index (χ4n) is 9.51. The highest BCUT2D eigenvalue weighted by Crippen LogP contribution is 2.51. The summed E-state index contributed by atoms with van der Waals surface area (Å²) in [6, 6.07) is 6.84. The monoisotopic (exact) mass is 760 g/mol. The molecule has 9 rings (SSSR count). The standard InChI is InChI=1S/C38H36ClF3N8O2S/c39-29-28(22-4-5-26(41)33-27(22)24(13-44)34(45)53-33)30(42)31-25(14-46-36(47-31)52-19-38-7-3-9-50(38)15-21(40)11-38)32(29)48-8-2-1-6-37(16-48)17-49(18-37)35(51)23-10-20(23)12-43/h4-5,14,20-21,23H,1-3,6-11,15-19,45H2/t20-,21+,23+,38-/m0/s1. The molecule has 4 aromatic rings. The van der Waals surface area contributed by atoms with Crippen LogP contribution in [0.1, 0.15) is 50.5 Å². The predicted molar refractivity (Wildman–Crippen MR) is 195 cm³/mol. The van der Waals surface area contributed by atoms with Crippen LogP contribution in [0.5, 0.6) is 6.01 Å². The SMILES string of the molecule is N#Cc1c(N)sc2c(F)ccc(-c3c(Cl)c(N4CCCCC5(CN(C(=O)[C@@H]6C[C@H]6C#N)C5)C4)c4cnc(OC[C@@]56CCCN5C[C@H](F)C6)nc4c3F)c12. The molecule has 5 fully saturated rings. The van der Waals surface area contributed by atoms with E-state index in [9.17, 15) is 19.7 Å². The van der Waals surface area contributed by atoms with Crippen molar-refractivity contribution in [1.82, 2.24) is 19.8 Å². The lowest BCUT2D eigenvalue weighted by molar-refractivity contribution is -0.144. The number of fused-ring (bicyclic) bond motifs is 3. The van der Waals surface area contributed by atoms with Crippen LogP contribution in [0.15, 0.2) is 18.3 Å². The van der Waals surface area contributed by atoms with Crippen molar-refractivity contribution in [2.45, 2.75) is 56.7 Å². The van der Waals surface area contributed by atoms with Gasteiger partial charge in [0, 0.05) is 67.1 Å². The van der Waals surface area contributed by atoms with Gasteiger partial charge in [-0.05, 0) is 50.3 Å². The van der Waals surface area contributed by atoms with Crippen molar-refractivity contribution in [1.29, 1.82) is 10.5 Å². The summed E-state index contributed by atoms with van der Waals surface area (Å²) in [6.45, 7) is 3.51. The molecule has 4 aliphatic heterocycles. The summed E-state index contributed by atoms with van der Waals surface area (Å²) in [5, 5.41) is 20.0. The minimum atomic E-state index is -0.945. The van der Waals surface area contributed by atoms with Crippen molar-refractivity contribution < 1.29 is 22.7 Å². The van der Waals surface area contributed by atoms with Crippen LogP contribution in [0, 0.1) is 51.5 Å². The Hall–Kier alpha value is -4.37. The number of benzene rings is 2. The number of halogens is 4. The molecule has 1 amide bonds. The first-order valence-corrected chi connectivity index (χ1v) is 19.3. The normalized spacial score (nSPS) is 26.3. The molecule has 10 nitrogen and oxygen atoms in total. The number of alkyl halides is 1. The highest BCUT2D eigenvalue weighted by Gasteiger charge is 2.53. The largest absolute Gasteiger partial charge is 0.461 e. The second kappa shape index (κ2) is 12.6. The maximum atomic E-state index is 17.2. The summed E-state index contributed by atoms with van der Waals surface area (Å²) >= 11 is 8.24. The molecule has 1 saturated carbocycles. The molecule has 4 atom stereocenters. The van der Waals surface area contributed by atoms with E-state index < -0.39 is 23.3 Å². The molecule has 0 unspecified atom stereocenters. The van der Waals surface area contributed by atoms with E-state index in [0.29, 0.717) is 56.6 Å². The lowest BCUT2D eigenvalue weighted by Crippen LogP contribution is -2.62. The number of ether oxygens (including phenoxy) is 1. The minimum absolute atomic E-state index is 0.0232.